The van der Waals surface area contributed by atoms with Crippen molar-refractivity contribution in [1.29, 1.82) is 0 Å². The van der Waals surface area contributed by atoms with E-state index in [2.05, 4.69) is 5.32 Å². The third-order valence-electron chi connectivity index (χ3n) is 5.87. The van der Waals surface area contributed by atoms with Crippen molar-refractivity contribution in [3.8, 4) is 11.5 Å². The zero-order valence-corrected chi connectivity index (χ0v) is 16.9. The van der Waals surface area contributed by atoms with Crippen LogP contribution in [0.15, 0.2) is 42.5 Å². The first-order valence-electron chi connectivity index (χ1n) is 9.98. The average molecular weight is 394 g/mol. The first-order chi connectivity index (χ1) is 14.1. The van der Waals surface area contributed by atoms with E-state index in [1.54, 1.807) is 19.1 Å². The van der Waals surface area contributed by atoms with Gasteiger partial charge in [0.05, 0.1) is 14.2 Å². The number of para-hydroxylation sites is 1. The molecule has 1 heterocycles. The SMILES string of the molecule is COc1ccc(CCNC(=O)C2(C(=O)N3CCc4ccccc43)CC2)cc1OC. The number of rotatable bonds is 7. The van der Waals surface area contributed by atoms with Gasteiger partial charge in [-0.2, -0.15) is 0 Å². The van der Waals surface area contributed by atoms with E-state index in [9.17, 15) is 9.59 Å². The molecule has 6 nitrogen and oxygen atoms in total. The fourth-order valence-electron chi connectivity index (χ4n) is 4.00. The summed E-state index contributed by atoms with van der Waals surface area (Å²) in [6.45, 7) is 1.12. The number of fused-ring (bicyclic) bond motifs is 1. The van der Waals surface area contributed by atoms with E-state index in [1.807, 2.05) is 42.5 Å². The van der Waals surface area contributed by atoms with Gasteiger partial charge in [-0.15, -0.1) is 0 Å². The number of hydrogen-bond donors (Lipinski definition) is 1. The molecule has 0 bridgehead atoms. The molecule has 152 valence electrons. The Labute approximate surface area is 170 Å². The molecule has 0 saturated heterocycles. The molecule has 2 aromatic rings. The van der Waals surface area contributed by atoms with Crippen LogP contribution in [0.4, 0.5) is 5.69 Å². The van der Waals surface area contributed by atoms with Gasteiger partial charge in [-0.05, 0) is 55.0 Å². The van der Waals surface area contributed by atoms with E-state index >= 15 is 0 Å². The quantitative estimate of drug-likeness (QED) is 0.734. The molecular formula is C23H26N2O4. The number of hydrogen-bond acceptors (Lipinski definition) is 4. The third kappa shape index (κ3) is 3.55. The number of nitrogens with one attached hydrogen (secondary N) is 1. The number of anilines is 1. The van der Waals surface area contributed by atoms with Gasteiger partial charge in [0.2, 0.25) is 11.8 Å². The summed E-state index contributed by atoms with van der Waals surface area (Å²) in [5.74, 6) is 1.12. The Bertz CT molecular complexity index is 936. The average Bonchev–Trinajstić information content (AvgIpc) is 3.46. The Morgan fingerprint density at radius 3 is 2.55 bits per heavy atom. The van der Waals surface area contributed by atoms with Crippen LogP contribution in [-0.4, -0.2) is 39.1 Å². The molecule has 6 heteroatoms. The standard InChI is InChI=1S/C23H26N2O4/c1-28-19-8-7-16(15-20(19)29-2)9-13-24-21(26)23(11-12-23)22(27)25-14-10-17-5-3-4-6-18(17)25/h3-8,15H,9-14H2,1-2H3,(H,24,26). The van der Waals surface area contributed by atoms with Crippen LogP contribution in [0.5, 0.6) is 11.5 Å². The summed E-state index contributed by atoms with van der Waals surface area (Å²) < 4.78 is 10.6. The van der Waals surface area contributed by atoms with Crippen LogP contribution in [0.1, 0.15) is 24.0 Å². The molecule has 29 heavy (non-hydrogen) atoms. The molecule has 2 aliphatic rings. The third-order valence-corrected chi connectivity index (χ3v) is 5.87. The lowest BCUT2D eigenvalue weighted by molar-refractivity contribution is -0.135. The smallest absolute Gasteiger partial charge is 0.242 e. The van der Waals surface area contributed by atoms with Gasteiger partial charge >= 0.3 is 0 Å². The van der Waals surface area contributed by atoms with Gasteiger partial charge in [0.1, 0.15) is 5.41 Å². The van der Waals surface area contributed by atoms with Gasteiger partial charge in [-0.3, -0.25) is 9.59 Å². The lowest BCUT2D eigenvalue weighted by Crippen LogP contribution is -2.45. The number of carbonyl (C=O) groups is 2. The van der Waals surface area contributed by atoms with Crippen molar-refractivity contribution >= 4 is 17.5 Å². The number of carbonyl (C=O) groups excluding carboxylic acids is 2. The Hall–Kier alpha value is -3.02. The van der Waals surface area contributed by atoms with Gasteiger partial charge in [-0.25, -0.2) is 0 Å². The molecule has 2 aromatic carbocycles. The summed E-state index contributed by atoms with van der Waals surface area (Å²) in [5, 5.41) is 2.97. The second kappa shape index (κ2) is 7.78. The number of amides is 2. The predicted octanol–water partition coefficient (Wildman–Crippen LogP) is 2.73. The molecule has 1 saturated carbocycles. The van der Waals surface area contributed by atoms with Crippen molar-refractivity contribution in [2.24, 2.45) is 5.41 Å². The molecule has 0 aromatic heterocycles. The largest absolute Gasteiger partial charge is 0.493 e. The lowest BCUT2D eigenvalue weighted by atomic mass is 10.0. The van der Waals surface area contributed by atoms with Crippen LogP contribution in [0.25, 0.3) is 0 Å². The molecule has 0 spiro atoms. The minimum Gasteiger partial charge on any atom is -0.493 e. The summed E-state index contributed by atoms with van der Waals surface area (Å²) in [5.41, 5.74) is 2.26. The van der Waals surface area contributed by atoms with Gasteiger partial charge in [0.15, 0.2) is 11.5 Å². The molecular weight excluding hydrogens is 368 g/mol. The fraction of sp³-hybridized carbons (Fsp3) is 0.391. The molecule has 0 radical (unpaired) electrons. The van der Waals surface area contributed by atoms with Crippen molar-refractivity contribution in [3.63, 3.8) is 0 Å². The highest BCUT2D eigenvalue weighted by molar-refractivity contribution is 6.14. The maximum absolute atomic E-state index is 13.2. The molecule has 1 aliphatic carbocycles. The Morgan fingerprint density at radius 2 is 1.83 bits per heavy atom. The van der Waals surface area contributed by atoms with Crippen LogP contribution < -0.4 is 19.7 Å². The maximum atomic E-state index is 13.2. The first kappa shape index (κ1) is 19.3. The van der Waals surface area contributed by atoms with E-state index in [0.717, 1.165) is 17.7 Å². The second-order valence-electron chi connectivity index (χ2n) is 7.61. The fourth-order valence-corrected chi connectivity index (χ4v) is 4.00. The number of methoxy groups -OCH3 is 2. The minimum atomic E-state index is -0.894. The Kier molecular flexibility index (Phi) is 5.18. The monoisotopic (exact) mass is 394 g/mol. The van der Waals surface area contributed by atoms with Crippen LogP contribution in [0.2, 0.25) is 0 Å². The number of nitrogens with zero attached hydrogens (tertiary/aromatic N) is 1. The zero-order valence-electron chi connectivity index (χ0n) is 16.9. The molecule has 1 N–H and O–H groups in total. The zero-order chi connectivity index (χ0) is 20.4. The van der Waals surface area contributed by atoms with E-state index in [0.29, 0.717) is 43.9 Å². The van der Waals surface area contributed by atoms with E-state index < -0.39 is 5.41 Å². The van der Waals surface area contributed by atoms with Crippen LogP contribution in [0, 0.1) is 5.41 Å². The van der Waals surface area contributed by atoms with E-state index in [-0.39, 0.29) is 11.8 Å². The molecule has 0 atom stereocenters. The highest BCUT2D eigenvalue weighted by Gasteiger charge is 2.58. The number of ether oxygens (including phenoxy) is 2. The Morgan fingerprint density at radius 1 is 1.07 bits per heavy atom. The van der Waals surface area contributed by atoms with Gasteiger partial charge < -0.3 is 19.7 Å². The molecule has 1 aliphatic heterocycles. The predicted molar refractivity (Wildman–Crippen MR) is 110 cm³/mol. The second-order valence-corrected chi connectivity index (χ2v) is 7.61. The summed E-state index contributed by atoms with van der Waals surface area (Å²) in [7, 11) is 3.20. The highest BCUT2D eigenvalue weighted by Crippen LogP contribution is 2.49. The van der Waals surface area contributed by atoms with Crippen LogP contribution >= 0.6 is 0 Å². The van der Waals surface area contributed by atoms with Crippen molar-refractivity contribution in [3.05, 3.63) is 53.6 Å². The van der Waals surface area contributed by atoms with Crippen molar-refractivity contribution in [1.82, 2.24) is 5.32 Å². The first-order valence-corrected chi connectivity index (χ1v) is 9.98. The summed E-state index contributed by atoms with van der Waals surface area (Å²) in [6, 6.07) is 13.6. The summed E-state index contributed by atoms with van der Waals surface area (Å²) in [6.07, 6.45) is 2.74. The lowest BCUT2D eigenvalue weighted by Gasteiger charge is -2.23. The summed E-state index contributed by atoms with van der Waals surface area (Å²) in [4.78, 5) is 27.8. The van der Waals surface area contributed by atoms with Crippen molar-refractivity contribution < 1.29 is 19.1 Å². The number of benzene rings is 2. The Balaban J connectivity index is 1.37. The minimum absolute atomic E-state index is 0.0638. The van der Waals surface area contributed by atoms with Crippen LogP contribution in [-0.2, 0) is 22.4 Å². The summed E-state index contributed by atoms with van der Waals surface area (Å²) >= 11 is 0. The molecule has 0 unspecified atom stereocenters. The van der Waals surface area contributed by atoms with Gasteiger partial charge in [-0.1, -0.05) is 24.3 Å². The van der Waals surface area contributed by atoms with Gasteiger partial charge in [0.25, 0.3) is 0 Å². The molecule has 2 amide bonds. The van der Waals surface area contributed by atoms with E-state index in [1.165, 1.54) is 5.56 Å². The van der Waals surface area contributed by atoms with Crippen LogP contribution in [0.3, 0.4) is 0 Å². The highest BCUT2D eigenvalue weighted by atomic mass is 16.5. The normalized spacial score (nSPS) is 16.1. The maximum Gasteiger partial charge on any atom is 0.242 e. The van der Waals surface area contributed by atoms with Crippen molar-refractivity contribution in [2.45, 2.75) is 25.7 Å². The molecule has 1 fully saturated rings. The van der Waals surface area contributed by atoms with Crippen molar-refractivity contribution in [2.75, 3.05) is 32.2 Å². The van der Waals surface area contributed by atoms with E-state index in [4.69, 9.17) is 9.47 Å². The topological polar surface area (TPSA) is 67.9 Å². The molecule has 4 rings (SSSR count). The van der Waals surface area contributed by atoms with Gasteiger partial charge in [0, 0.05) is 18.8 Å².